The molecule has 0 fully saturated rings. The summed E-state index contributed by atoms with van der Waals surface area (Å²) in [6, 6.07) is 9.52. The van der Waals surface area contributed by atoms with E-state index in [0.717, 1.165) is 62.7 Å². The minimum Gasteiger partial charge on any atom is -1.00 e. The standard InChI is InChI=1S/C36H43N3O6.BrH/c1-8-26-21(2)29(37-24(26)5)18-31-27(14-16-33(40)43-6)22(3)30(38-31)19-32-28(15-17-34(41)44-7)23(4)35(39-32)36(42)45-20-25-12-10-9-11-13-25;/h9-13,18,37,39H,8,14-17,19-20H2,1-7H3;1H/b31-18-;. The predicted molar refractivity (Wildman–Crippen MR) is 173 cm³/mol. The monoisotopic (exact) mass is 693 g/mol. The molecule has 0 unspecified atom stereocenters. The Kier molecular flexibility index (Phi) is 12.9. The van der Waals surface area contributed by atoms with Gasteiger partial charge in [-0.1, -0.05) is 37.3 Å². The number of methoxy groups -OCH3 is 2. The Morgan fingerprint density at radius 3 is 2.13 bits per heavy atom. The summed E-state index contributed by atoms with van der Waals surface area (Å²) in [5, 5.41) is 0. The second-order valence-electron chi connectivity index (χ2n) is 11.4. The third-order valence-electron chi connectivity index (χ3n) is 8.64. The van der Waals surface area contributed by atoms with Crippen LogP contribution < -0.4 is 22.0 Å². The van der Waals surface area contributed by atoms with Gasteiger partial charge < -0.3 is 41.2 Å². The van der Waals surface area contributed by atoms with Crippen molar-refractivity contribution in [2.75, 3.05) is 14.2 Å². The smallest absolute Gasteiger partial charge is 0.355 e. The van der Waals surface area contributed by atoms with E-state index in [0.29, 0.717) is 25.0 Å². The van der Waals surface area contributed by atoms with Crippen molar-refractivity contribution < 1.29 is 50.6 Å². The highest BCUT2D eigenvalue weighted by Crippen LogP contribution is 2.28. The molecule has 10 heteroatoms. The number of nitrogens with one attached hydrogen (secondary N) is 3. The third kappa shape index (κ3) is 8.34. The average molecular weight is 695 g/mol. The van der Waals surface area contributed by atoms with E-state index in [-0.39, 0.29) is 48.4 Å². The van der Waals surface area contributed by atoms with Crippen LogP contribution in [0.2, 0.25) is 0 Å². The summed E-state index contributed by atoms with van der Waals surface area (Å²) in [5.74, 6) is -1.05. The van der Waals surface area contributed by atoms with Gasteiger partial charge in [0.1, 0.15) is 12.3 Å². The number of aromatic nitrogens is 2. The lowest BCUT2D eigenvalue weighted by Crippen LogP contribution is -3.00. The highest BCUT2D eigenvalue weighted by molar-refractivity contribution is 6.01. The lowest BCUT2D eigenvalue weighted by molar-refractivity contribution is -0.387. The molecule has 4 rings (SSSR count). The molecule has 0 amide bonds. The average Bonchev–Trinajstić information content (AvgIpc) is 3.62. The quantitative estimate of drug-likeness (QED) is 0.185. The fourth-order valence-corrected chi connectivity index (χ4v) is 5.99. The number of hydrogen-bond acceptors (Lipinski definition) is 6. The van der Waals surface area contributed by atoms with Gasteiger partial charge in [-0.15, -0.1) is 0 Å². The van der Waals surface area contributed by atoms with Crippen LogP contribution in [0.1, 0.15) is 88.5 Å². The van der Waals surface area contributed by atoms with Gasteiger partial charge in [0.15, 0.2) is 5.71 Å². The second kappa shape index (κ2) is 16.4. The maximum Gasteiger partial charge on any atom is 0.355 e. The van der Waals surface area contributed by atoms with Crippen molar-refractivity contribution in [2.45, 2.75) is 79.8 Å². The number of ether oxygens (including phenoxy) is 3. The molecular weight excluding hydrogens is 650 g/mol. The lowest BCUT2D eigenvalue weighted by atomic mass is 9.96. The van der Waals surface area contributed by atoms with E-state index in [1.165, 1.54) is 25.3 Å². The Morgan fingerprint density at radius 1 is 0.870 bits per heavy atom. The van der Waals surface area contributed by atoms with Gasteiger partial charge in [0.2, 0.25) is 5.70 Å². The van der Waals surface area contributed by atoms with Crippen LogP contribution >= 0.6 is 0 Å². The van der Waals surface area contributed by atoms with Crippen LogP contribution in [0.3, 0.4) is 0 Å². The Hall–Kier alpha value is -4.18. The first-order chi connectivity index (χ1) is 21.6. The van der Waals surface area contributed by atoms with Gasteiger partial charge in [-0.3, -0.25) is 9.59 Å². The summed E-state index contributed by atoms with van der Waals surface area (Å²) >= 11 is 0. The molecule has 3 aromatic rings. The van der Waals surface area contributed by atoms with E-state index in [2.05, 4.69) is 41.8 Å². The number of carbonyl (C=O) groups excluding carboxylic acids is 3. The number of halogens is 1. The number of aromatic amines is 2. The third-order valence-corrected chi connectivity index (χ3v) is 8.64. The molecule has 0 atom stereocenters. The SMILES string of the molecule is CCc1c(C)[nH]c(/C=C2\[NH+]=C(Cc3[nH]c(C(=O)OCc4ccccc4)c(C)c3CCC(=O)OC)C(C)=C2CCC(=O)OC)c1C.[Br-]. The summed E-state index contributed by atoms with van der Waals surface area (Å²) < 4.78 is 15.5. The molecular formula is C36H44BrN3O6. The van der Waals surface area contributed by atoms with Gasteiger partial charge in [0.25, 0.3) is 0 Å². The molecule has 1 aliphatic rings. The van der Waals surface area contributed by atoms with E-state index in [4.69, 9.17) is 14.2 Å². The number of benzene rings is 1. The molecule has 0 aliphatic carbocycles. The van der Waals surface area contributed by atoms with Crippen LogP contribution in [0.15, 0.2) is 47.2 Å². The maximum atomic E-state index is 13.2. The molecule has 0 saturated carbocycles. The maximum absolute atomic E-state index is 13.2. The van der Waals surface area contributed by atoms with Crippen LogP contribution in [0.25, 0.3) is 6.08 Å². The number of carbonyl (C=O) groups is 3. The van der Waals surface area contributed by atoms with Crippen molar-refractivity contribution >= 4 is 29.7 Å². The number of allylic oxidation sites excluding steroid dienone is 2. The van der Waals surface area contributed by atoms with Gasteiger partial charge in [-0.05, 0) is 74.8 Å². The zero-order valence-corrected chi connectivity index (χ0v) is 29.3. The molecule has 9 nitrogen and oxygen atoms in total. The zero-order chi connectivity index (χ0) is 32.7. The van der Waals surface area contributed by atoms with E-state index in [9.17, 15) is 14.4 Å². The van der Waals surface area contributed by atoms with Gasteiger partial charge in [-0.25, -0.2) is 9.79 Å². The van der Waals surface area contributed by atoms with Crippen molar-refractivity contribution in [1.82, 2.24) is 9.97 Å². The Bertz CT molecular complexity index is 1680. The van der Waals surface area contributed by atoms with Crippen LogP contribution in [0.5, 0.6) is 0 Å². The largest absolute Gasteiger partial charge is 1.00 e. The first kappa shape index (κ1) is 36.3. The van der Waals surface area contributed by atoms with Gasteiger partial charge >= 0.3 is 17.9 Å². The van der Waals surface area contributed by atoms with Crippen LogP contribution in [-0.2, 0) is 49.7 Å². The van der Waals surface area contributed by atoms with Gasteiger partial charge in [0.05, 0.1) is 20.6 Å². The summed E-state index contributed by atoms with van der Waals surface area (Å²) in [5.41, 5.74) is 12.3. The molecule has 0 saturated heterocycles. The van der Waals surface area contributed by atoms with E-state index in [1.54, 1.807) is 0 Å². The molecule has 0 radical (unpaired) electrons. The number of aryl methyl sites for hydroxylation is 1. The molecule has 3 heterocycles. The Balaban J connectivity index is 0.00000576. The molecule has 2 aromatic heterocycles. The van der Waals surface area contributed by atoms with Gasteiger partial charge in [0, 0.05) is 47.1 Å². The number of H-pyrrole nitrogens is 2. The highest BCUT2D eigenvalue weighted by Gasteiger charge is 2.31. The topological polar surface area (TPSA) is 124 Å². The molecule has 1 aliphatic heterocycles. The summed E-state index contributed by atoms with van der Waals surface area (Å²) in [6.45, 7) is 10.4. The van der Waals surface area contributed by atoms with E-state index >= 15 is 0 Å². The fourth-order valence-electron chi connectivity index (χ4n) is 5.99. The number of rotatable bonds is 13. The first-order valence-corrected chi connectivity index (χ1v) is 15.4. The van der Waals surface area contributed by atoms with Crippen molar-refractivity contribution in [2.24, 2.45) is 0 Å². The van der Waals surface area contributed by atoms with Crippen LogP contribution in [-0.4, -0.2) is 47.8 Å². The van der Waals surface area contributed by atoms with Crippen LogP contribution in [0.4, 0.5) is 0 Å². The normalized spacial score (nSPS) is 13.5. The van der Waals surface area contributed by atoms with Crippen molar-refractivity contribution in [3.05, 3.63) is 97.8 Å². The Morgan fingerprint density at radius 2 is 1.52 bits per heavy atom. The zero-order valence-electron chi connectivity index (χ0n) is 27.7. The minimum atomic E-state index is -0.456. The van der Waals surface area contributed by atoms with E-state index in [1.807, 2.05) is 44.2 Å². The molecule has 0 bridgehead atoms. The van der Waals surface area contributed by atoms with Gasteiger partial charge in [-0.2, -0.15) is 0 Å². The molecule has 3 N–H and O–H groups in total. The summed E-state index contributed by atoms with van der Waals surface area (Å²) in [7, 11) is 2.76. The summed E-state index contributed by atoms with van der Waals surface area (Å²) in [6.07, 6.45) is 4.84. The first-order valence-electron chi connectivity index (χ1n) is 15.4. The van der Waals surface area contributed by atoms with Crippen molar-refractivity contribution in [1.29, 1.82) is 0 Å². The van der Waals surface area contributed by atoms with E-state index < -0.39 is 5.97 Å². The summed E-state index contributed by atoms with van der Waals surface area (Å²) in [4.78, 5) is 47.9. The fraction of sp³-hybridized carbons (Fsp3) is 0.389. The lowest BCUT2D eigenvalue weighted by Gasteiger charge is -2.05. The highest BCUT2D eigenvalue weighted by atomic mass is 79.9. The Labute approximate surface area is 281 Å². The van der Waals surface area contributed by atoms with Crippen molar-refractivity contribution in [3.8, 4) is 0 Å². The minimum absolute atomic E-state index is 0. The second-order valence-corrected chi connectivity index (χ2v) is 11.4. The van der Waals surface area contributed by atoms with Crippen LogP contribution in [0, 0.1) is 20.8 Å². The molecule has 1 aromatic carbocycles. The van der Waals surface area contributed by atoms with Crippen molar-refractivity contribution in [3.63, 3.8) is 0 Å². The molecule has 246 valence electrons. The molecule has 0 spiro atoms. The number of hydrogen-bond donors (Lipinski definition) is 3. The molecule has 46 heavy (non-hydrogen) atoms. The predicted octanol–water partition coefficient (Wildman–Crippen LogP) is 1.69. The number of esters is 3.